The minimum Gasteiger partial charge on any atom is -0.392 e. The SMILES string of the molecule is C[C@H](NC(=O)[C@H]1C[C@H](O)CN1)c1cccc(C(F)(F)F)c1. The Morgan fingerprint density at radius 2 is 2.19 bits per heavy atom. The average Bonchev–Trinajstić information content (AvgIpc) is 2.84. The number of nitrogens with one attached hydrogen (secondary N) is 2. The van der Waals surface area contributed by atoms with Gasteiger partial charge in [-0.15, -0.1) is 0 Å². The molecule has 1 amide bonds. The molecule has 0 spiro atoms. The second-order valence-corrected chi connectivity index (χ2v) is 5.20. The fourth-order valence-corrected chi connectivity index (χ4v) is 2.30. The fourth-order valence-electron chi connectivity index (χ4n) is 2.30. The van der Waals surface area contributed by atoms with E-state index in [4.69, 9.17) is 0 Å². The van der Waals surface area contributed by atoms with Crippen molar-refractivity contribution in [2.24, 2.45) is 0 Å². The van der Waals surface area contributed by atoms with E-state index in [-0.39, 0.29) is 5.91 Å². The van der Waals surface area contributed by atoms with Crippen LogP contribution < -0.4 is 10.6 Å². The Morgan fingerprint density at radius 3 is 2.76 bits per heavy atom. The smallest absolute Gasteiger partial charge is 0.392 e. The van der Waals surface area contributed by atoms with Gasteiger partial charge in [-0.1, -0.05) is 12.1 Å². The summed E-state index contributed by atoms with van der Waals surface area (Å²) in [5.41, 5.74) is -0.354. The fraction of sp³-hybridized carbons (Fsp3) is 0.500. The Balaban J connectivity index is 2.03. The van der Waals surface area contributed by atoms with Crippen molar-refractivity contribution >= 4 is 5.91 Å². The summed E-state index contributed by atoms with van der Waals surface area (Å²) in [7, 11) is 0. The Kier molecular flexibility index (Phi) is 4.53. The topological polar surface area (TPSA) is 61.4 Å². The van der Waals surface area contributed by atoms with E-state index in [0.29, 0.717) is 18.5 Å². The van der Waals surface area contributed by atoms with Crippen LogP contribution in [-0.2, 0) is 11.0 Å². The van der Waals surface area contributed by atoms with E-state index in [0.717, 1.165) is 12.1 Å². The van der Waals surface area contributed by atoms with Crippen molar-refractivity contribution in [3.63, 3.8) is 0 Å². The number of alkyl halides is 3. The van der Waals surface area contributed by atoms with Crippen molar-refractivity contribution in [1.29, 1.82) is 0 Å². The summed E-state index contributed by atoms with van der Waals surface area (Å²) in [5.74, 6) is -0.323. The average molecular weight is 302 g/mol. The molecule has 0 aliphatic carbocycles. The zero-order chi connectivity index (χ0) is 15.6. The molecule has 116 valence electrons. The van der Waals surface area contributed by atoms with Crippen LogP contribution in [0.3, 0.4) is 0 Å². The molecular formula is C14H17F3N2O2. The minimum absolute atomic E-state index is 0.307. The maximum absolute atomic E-state index is 12.7. The lowest BCUT2D eigenvalue weighted by Crippen LogP contribution is -2.41. The molecule has 1 saturated heterocycles. The third-order valence-electron chi connectivity index (χ3n) is 3.50. The van der Waals surface area contributed by atoms with Gasteiger partial charge >= 0.3 is 6.18 Å². The summed E-state index contributed by atoms with van der Waals surface area (Å²) >= 11 is 0. The van der Waals surface area contributed by atoms with Crippen LogP contribution in [0.1, 0.15) is 30.5 Å². The van der Waals surface area contributed by atoms with Gasteiger partial charge in [0.15, 0.2) is 0 Å². The van der Waals surface area contributed by atoms with E-state index in [1.165, 1.54) is 12.1 Å². The molecule has 1 fully saturated rings. The molecule has 0 radical (unpaired) electrons. The van der Waals surface area contributed by atoms with Crippen molar-refractivity contribution in [1.82, 2.24) is 10.6 Å². The lowest BCUT2D eigenvalue weighted by molar-refractivity contribution is -0.137. The summed E-state index contributed by atoms with van der Waals surface area (Å²) in [5, 5.41) is 14.9. The normalized spacial score (nSPS) is 23.9. The van der Waals surface area contributed by atoms with Crippen molar-refractivity contribution in [3.8, 4) is 0 Å². The Bertz CT molecular complexity index is 519. The molecule has 2 rings (SSSR count). The highest BCUT2D eigenvalue weighted by Crippen LogP contribution is 2.30. The monoisotopic (exact) mass is 302 g/mol. The number of aliphatic hydroxyl groups excluding tert-OH is 1. The standard InChI is InChI=1S/C14H17F3N2O2/c1-8(19-13(21)12-6-11(20)7-18-12)9-3-2-4-10(5-9)14(15,16)17/h2-5,8,11-12,18,20H,6-7H2,1H3,(H,19,21)/t8-,11-,12+/m0/s1. The van der Waals surface area contributed by atoms with Crippen LogP contribution >= 0.6 is 0 Å². The van der Waals surface area contributed by atoms with Crippen LogP contribution in [0.4, 0.5) is 13.2 Å². The maximum Gasteiger partial charge on any atom is 0.416 e. The summed E-state index contributed by atoms with van der Waals surface area (Å²) in [6.45, 7) is 1.97. The highest BCUT2D eigenvalue weighted by atomic mass is 19.4. The van der Waals surface area contributed by atoms with Gasteiger partial charge < -0.3 is 15.7 Å². The third kappa shape index (κ3) is 3.95. The van der Waals surface area contributed by atoms with E-state index in [1.807, 2.05) is 0 Å². The van der Waals surface area contributed by atoms with E-state index < -0.39 is 29.9 Å². The number of hydrogen-bond donors (Lipinski definition) is 3. The number of hydrogen-bond acceptors (Lipinski definition) is 3. The highest BCUT2D eigenvalue weighted by Gasteiger charge is 2.31. The van der Waals surface area contributed by atoms with Crippen molar-refractivity contribution in [2.75, 3.05) is 6.54 Å². The molecule has 3 atom stereocenters. The molecular weight excluding hydrogens is 285 g/mol. The summed E-state index contributed by atoms with van der Waals surface area (Å²) in [6, 6.07) is 3.83. The molecule has 7 heteroatoms. The number of β-amino-alcohol motifs (C(OH)–C–C–N with tert-alkyl or cyclic N) is 1. The van der Waals surface area contributed by atoms with Crippen LogP contribution in [0.2, 0.25) is 0 Å². The first kappa shape index (κ1) is 15.8. The van der Waals surface area contributed by atoms with Gasteiger partial charge in [0.1, 0.15) is 0 Å². The largest absolute Gasteiger partial charge is 0.416 e. The Morgan fingerprint density at radius 1 is 1.48 bits per heavy atom. The predicted octanol–water partition coefficient (Wildman–Crippen LogP) is 1.61. The van der Waals surface area contributed by atoms with Crippen molar-refractivity contribution in [3.05, 3.63) is 35.4 Å². The van der Waals surface area contributed by atoms with Gasteiger partial charge in [-0.3, -0.25) is 4.79 Å². The summed E-state index contributed by atoms with van der Waals surface area (Å²) < 4.78 is 38.0. The lowest BCUT2D eigenvalue weighted by atomic mass is 10.0. The van der Waals surface area contributed by atoms with E-state index in [1.54, 1.807) is 6.92 Å². The van der Waals surface area contributed by atoms with Gasteiger partial charge in [0.05, 0.1) is 23.8 Å². The number of benzene rings is 1. The van der Waals surface area contributed by atoms with Crippen LogP contribution in [0.5, 0.6) is 0 Å². The van der Waals surface area contributed by atoms with Gasteiger partial charge in [-0.25, -0.2) is 0 Å². The second-order valence-electron chi connectivity index (χ2n) is 5.20. The molecule has 0 unspecified atom stereocenters. The first-order chi connectivity index (χ1) is 9.77. The van der Waals surface area contributed by atoms with Gasteiger partial charge in [0.2, 0.25) is 5.91 Å². The zero-order valence-electron chi connectivity index (χ0n) is 11.4. The third-order valence-corrected chi connectivity index (χ3v) is 3.50. The Labute approximate surface area is 120 Å². The van der Waals surface area contributed by atoms with Crippen LogP contribution in [0.25, 0.3) is 0 Å². The quantitative estimate of drug-likeness (QED) is 0.795. The number of rotatable bonds is 3. The Hall–Kier alpha value is -1.60. The van der Waals surface area contributed by atoms with Gasteiger partial charge in [-0.2, -0.15) is 13.2 Å². The lowest BCUT2D eigenvalue weighted by Gasteiger charge is -2.18. The molecule has 1 heterocycles. The molecule has 21 heavy (non-hydrogen) atoms. The predicted molar refractivity (Wildman–Crippen MR) is 70.4 cm³/mol. The van der Waals surface area contributed by atoms with Gasteiger partial charge in [0.25, 0.3) is 0 Å². The summed E-state index contributed by atoms with van der Waals surface area (Å²) in [6.07, 6.45) is -4.66. The molecule has 1 aromatic rings. The molecule has 0 aromatic heterocycles. The first-order valence-corrected chi connectivity index (χ1v) is 6.66. The number of carbonyl (C=O) groups is 1. The molecule has 0 saturated carbocycles. The maximum atomic E-state index is 12.7. The second kappa shape index (κ2) is 6.03. The number of aliphatic hydroxyl groups is 1. The van der Waals surface area contributed by atoms with Gasteiger partial charge in [-0.05, 0) is 31.0 Å². The number of amides is 1. The molecule has 1 aliphatic heterocycles. The van der Waals surface area contributed by atoms with Crippen LogP contribution in [-0.4, -0.2) is 29.7 Å². The molecule has 3 N–H and O–H groups in total. The molecule has 1 aromatic carbocycles. The molecule has 0 bridgehead atoms. The zero-order valence-corrected chi connectivity index (χ0v) is 11.4. The van der Waals surface area contributed by atoms with E-state index in [2.05, 4.69) is 10.6 Å². The number of carbonyl (C=O) groups excluding carboxylic acids is 1. The van der Waals surface area contributed by atoms with Gasteiger partial charge in [0, 0.05) is 6.54 Å². The number of halogens is 3. The highest BCUT2D eigenvalue weighted by molar-refractivity contribution is 5.82. The van der Waals surface area contributed by atoms with Crippen LogP contribution in [0, 0.1) is 0 Å². The van der Waals surface area contributed by atoms with E-state index in [9.17, 15) is 23.1 Å². The van der Waals surface area contributed by atoms with Crippen molar-refractivity contribution in [2.45, 2.75) is 37.7 Å². The minimum atomic E-state index is -4.41. The summed E-state index contributed by atoms with van der Waals surface area (Å²) in [4.78, 5) is 11.9. The molecule has 1 aliphatic rings. The first-order valence-electron chi connectivity index (χ1n) is 6.66. The van der Waals surface area contributed by atoms with Crippen LogP contribution in [0.15, 0.2) is 24.3 Å². The van der Waals surface area contributed by atoms with Crippen molar-refractivity contribution < 1.29 is 23.1 Å². The van der Waals surface area contributed by atoms with E-state index >= 15 is 0 Å². The molecule has 4 nitrogen and oxygen atoms in total.